The third kappa shape index (κ3) is 34.6. The highest BCUT2D eigenvalue weighted by Crippen LogP contribution is 2.71. The van der Waals surface area contributed by atoms with Crippen molar-refractivity contribution in [3.63, 3.8) is 0 Å². The molecule has 0 saturated heterocycles. The Morgan fingerprint density at radius 2 is 0.568 bits per heavy atom. The zero-order valence-corrected chi connectivity index (χ0v) is 86.8. The molecule has 0 radical (unpaired) electrons. The van der Waals surface area contributed by atoms with Gasteiger partial charge in [-0.2, -0.15) is 0 Å². The van der Waals surface area contributed by atoms with Crippen LogP contribution in [0.15, 0.2) is 0 Å². The van der Waals surface area contributed by atoms with E-state index in [-0.39, 0.29) is 113 Å². The lowest BCUT2D eigenvalue weighted by Crippen LogP contribution is -2.49. The van der Waals surface area contributed by atoms with E-state index in [4.69, 9.17) is 28.4 Å². The van der Waals surface area contributed by atoms with Crippen molar-refractivity contribution < 1.29 is 57.2 Å². The van der Waals surface area contributed by atoms with Gasteiger partial charge >= 0.3 is 35.8 Å². The molecule has 702 valence electrons. The van der Waals surface area contributed by atoms with E-state index in [2.05, 4.69) is 90.0 Å². The van der Waals surface area contributed by atoms with E-state index in [1.165, 1.54) is 180 Å². The topological polar surface area (TPSA) is 158 Å². The maximum atomic E-state index is 12.8. The molecule has 0 aromatic carbocycles. The van der Waals surface area contributed by atoms with Crippen molar-refractivity contribution in [2.45, 2.75) is 561 Å². The Morgan fingerprint density at radius 3 is 0.847 bits per heavy atom. The minimum atomic E-state index is -0.370. The highest BCUT2D eigenvalue weighted by molar-refractivity contribution is 5.79. The van der Waals surface area contributed by atoms with Gasteiger partial charge in [0.15, 0.2) is 0 Å². The number of hydrogen-bond donors (Lipinski definition) is 0. The first-order chi connectivity index (χ1) is 54.8. The summed E-state index contributed by atoms with van der Waals surface area (Å²) in [6, 6.07) is 0. The van der Waals surface area contributed by atoms with Gasteiger partial charge in [-0.15, -0.1) is 0 Å². The molecule has 9 aliphatic rings. The first-order valence-corrected chi connectivity index (χ1v) is 50.2. The third-order valence-electron chi connectivity index (χ3n) is 30.9. The standard InChI is InChI=1S/C20H36O2.C17H30O2.C15H28O2.C14H24O2.2C14H26O2.6C2H6/c1-5-19(2,3)18(21)22-20(4,16-12-8-6-9-13-16)17-14-10-7-11-15-17;1-8-14(2,3)13(18)19-17(7)11-12-9-10-16(17,6)15(12,4)5;1-6-14(2,3)13(16)17-15(4,5)12-10-8-7-9-11-12;1-5-13(2,3)12(15)16-14(4)9-10-6-7-11(14)8-10;1-6-13(2,3)12(15)16-14(4,5)11-9-7-8-10-11;1-5-13(2,3)12(15)16-14(4)10-8-6-7-9-11-14;6*1-2/h16-17H,5-15H2,1-4H3;12H,8-11H2,1-7H3;12H,6-11H2,1-5H3;10-11H,5-9H2,1-4H3;11H,6-10H2,1-5H3;5-11H2,1-4H3;6*1-2H3. The Labute approximate surface area is 735 Å². The molecule has 0 aromatic rings. The lowest BCUT2D eigenvalue weighted by Gasteiger charge is -2.47. The Morgan fingerprint density at radius 1 is 0.288 bits per heavy atom. The molecule has 118 heavy (non-hydrogen) atoms. The number of ether oxygens (including phenoxy) is 6. The van der Waals surface area contributed by atoms with Crippen LogP contribution in [0.25, 0.3) is 0 Å². The van der Waals surface area contributed by atoms with E-state index in [1.54, 1.807) is 0 Å². The summed E-state index contributed by atoms with van der Waals surface area (Å²) in [4.78, 5) is 73.6. The molecule has 9 aliphatic carbocycles. The van der Waals surface area contributed by atoms with Gasteiger partial charge in [-0.1, -0.05) is 229 Å². The lowest BCUT2D eigenvalue weighted by molar-refractivity contribution is -0.187. The fraction of sp³-hybridized carbons (Fsp3) is 0.943. The maximum absolute atomic E-state index is 12.8. The number of fused-ring (bicyclic) bond motifs is 4. The highest BCUT2D eigenvalue weighted by atomic mass is 16.6. The van der Waals surface area contributed by atoms with E-state index in [0.29, 0.717) is 35.5 Å². The summed E-state index contributed by atoms with van der Waals surface area (Å²) in [7, 11) is 0. The summed E-state index contributed by atoms with van der Waals surface area (Å²) in [5.41, 5.74) is -3.19. The largest absolute Gasteiger partial charge is 0.459 e. The van der Waals surface area contributed by atoms with Crippen LogP contribution in [0.2, 0.25) is 0 Å². The molecule has 12 nitrogen and oxygen atoms in total. The maximum Gasteiger partial charge on any atom is 0.312 e. The van der Waals surface area contributed by atoms with Gasteiger partial charge in [0.2, 0.25) is 0 Å². The van der Waals surface area contributed by atoms with Crippen molar-refractivity contribution in [3.05, 3.63) is 0 Å². The van der Waals surface area contributed by atoms with Crippen LogP contribution >= 0.6 is 0 Å². The molecule has 6 unspecified atom stereocenters. The van der Waals surface area contributed by atoms with Gasteiger partial charge < -0.3 is 28.4 Å². The van der Waals surface area contributed by atoms with Crippen molar-refractivity contribution in [1.29, 1.82) is 0 Å². The third-order valence-corrected chi connectivity index (χ3v) is 30.9. The summed E-state index contributed by atoms with van der Waals surface area (Å²) >= 11 is 0. The van der Waals surface area contributed by atoms with E-state index in [9.17, 15) is 28.8 Å². The minimum absolute atomic E-state index is 0.00921. The van der Waals surface area contributed by atoms with Crippen molar-refractivity contribution in [2.24, 2.45) is 84.7 Å². The van der Waals surface area contributed by atoms with Crippen LogP contribution in [0.3, 0.4) is 0 Å². The number of esters is 6. The molecule has 9 saturated carbocycles. The average molecular weight is 1670 g/mol. The molecule has 0 spiro atoms. The fourth-order valence-electron chi connectivity index (χ4n) is 18.5. The molecular formula is C106H206O12. The highest BCUT2D eigenvalue weighted by Gasteiger charge is 2.69. The zero-order valence-electron chi connectivity index (χ0n) is 86.8. The quantitative estimate of drug-likeness (QED) is 0.0575. The summed E-state index contributed by atoms with van der Waals surface area (Å²) in [5.74, 6) is 4.21. The second-order valence-corrected chi connectivity index (χ2v) is 42.1. The van der Waals surface area contributed by atoms with E-state index in [1.807, 2.05) is 194 Å². The van der Waals surface area contributed by atoms with Crippen molar-refractivity contribution >= 4 is 35.8 Å². The molecule has 0 aliphatic heterocycles. The van der Waals surface area contributed by atoms with Gasteiger partial charge in [0, 0.05) is 5.41 Å². The van der Waals surface area contributed by atoms with E-state index < -0.39 is 0 Å². The summed E-state index contributed by atoms with van der Waals surface area (Å²) < 4.78 is 35.6. The van der Waals surface area contributed by atoms with E-state index in [0.717, 1.165) is 70.1 Å². The molecule has 6 atom stereocenters. The Hall–Kier alpha value is -3.18. The van der Waals surface area contributed by atoms with Crippen LogP contribution in [-0.2, 0) is 57.2 Å². The summed E-state index contributed by atoms with van der Waals surface area (Å²) in [5, 5.41) is 0. The van der Waals surface area contributed by atoms with Crippen LogP contribution in [0.5, 0.6) is 0 Å². The number of hydrogen-bond acceptors (Lipinski definition) is 12. The lowest BCUT2D eigenvalue weighted by atomic mass is 9.65. The smallest absolute Gasteiger partial charge is 0.312 e. The normalized spacial score (nSPS) is 24.3. The molecule has 0 aromatic heterocycles. The number of rotatable bonds is 22. The molecular weight excluding hydrogens is 1470 g/mol. The Balaban J connectivity index is -0.00000131. The van der Waals surface area contributed by atoms with Gasteiger partial charge in [0.1, 0.15) is 33.6 Å². The molecule has 4 bridgehead atoms. The van der Waals surface area contributed by atoms with Crippen molar-refractivity contribution in [2.75, 3.05) is 0 Å². The van der Waals surface area contributed by atoms with E-state index >= 15 is 0 Å². The Bertz CT molecular complexity index is 2700. The molecule has 0 amide bonds. The van der Waals surface area contributed by atoms with Gasteiger partial charge in [-0.05, 0) is 346 Å². The molecule has 9 fully saturated rings. The van der Waals surface area contributed by atoms with Gasteiger partial charge in [-0.3, -0.25) is 28.8 Å². The zero-order chi connectivity index (χ0) is 92.6. The second kappa shape index (κ2) is 54.0. The van der Waals surface area contributed by atoms with Gasteiger partial charge in [0.05, 0.1) is 32.5 Å². The SMILES string of the molecule is CC.CC.CC.CC.CC.CC.CCC(C)(C)C(=O)OC(C)(C)C1CCCC1.CCC(C)(C)C(=O)OC(C)(C)C1CCCCC1.CCC(C)(C)C(=O)OC(C)(C1CCCCC1)C1CCCCC1.CCC(C)(C)C(=O)OC1(C)CC2CCC1(C)C2(C)C.CCC(C)(C)C(=O)OC1(C)CC2CCC1C2.CCC(C)(C)C(=O)OC1(C)CCCCCC1. The molecule has 12 heteroatoms. The molecule has 0 N–H and O–H groups in total. The molecule has 9 rings (SSSR count). The van der Waals surface area contributed by atoms with Crippen LogP contribution < -0.4 is 0 Å². The predicted octanol–water partition coefficient (Wildman–Crippen LogP) is 32.5. The number of carbonyl (C=O) groups is 6. The van der Waals surface area contributed by atoms with Gasteiger partial charge in [0.25, 0.3) is 0 Å². The van der Waals surface area contributed by atoms with Crippen LogP contribution in [-0.4, -0.2) is 69.4 Å². The predicted molar refractivity (Wildman–Crippen MR) is 505 cm³/mol. The van der Waals surface area contributed by atoms with Crippen LogP contribution in [0.4, 0.5) is 0 Å². The average Bonchev–Trinajstić information content (AvgIpc) is 1.53. The first kappa shape index (κ1) is 119. The second-order valence-electron chi connectivity index (χ2n) is 42.1. The van der Waals surface area contributed by atoms with Crippen molar-refractivity contribution in [3.8, 4) is 0 Å². The first-order valence-electron chi connectivity index (χ1n) is 50.2. The monoisotopic (exact) mass is 1670 g/mol. The summed E-state index contributed by atoms with van der Waals surface area (Å²) in [6.45, 7) is 84.0. The molecule has 0 heterocycles. The fourth-order valence-corrected chi connectivity index (χ4v) is 18.5. The van der Waals surface area contributed by atoms with Crippen LogP contribution in [0, 0.1) is 84.7 Å². The Kier molecular flexibility index (Phi) is 54.4. The van der Waals surface area contributed by atoms with Gasteiger partial charge in [-0.25, -0.2) is 0 Å². The van der Waals surface area contributed by atoms with Crippen LogP contribution in [0.1, 0.15) is 528 Å². The summed E-state index contributed by atoms with van der Waals surface area (Å²) in [6.07, 6.45) is 44.6. The number of carbonyl (C=O) groups excluding carboxylic acids is 6. The minimum Gasteiger partial charge on any atom is -0.459 e. The van der Waals surface area contributed by atoms with Crippen molar-refractivity contribution in [1.82, 2.24) is 0 Å².